The van der Waals surface area contributed by atoms with Crippen LogP contribution in [0.5, 0.6) is 0 Å². The Kier molecular flexibility index (Phi) is 9.02. The van der Waals surface area contributed by atoms with Crippen LogP contribution >= 0.6 is 0 Å². The second kappa shape index (κ2) is 11.8. The molecule has 0 spiro atoms. The Morgan fingerprint density at radius 3 is 2.28 bits per heavy atom. The van der Waals surface area contributed by atoms with Gasteiger partial charge in [-0.2, -0.15) is 0 Å². The number of carbonyl (C=O) groups is 4. The molecule has 0 unspecified atom stereocenters. The molecular weight excluding hydrogens is 592 g/mol. The van der Waals surface area contributed by atoms with Gasteiger partial charge in [0.2, 0.25) is 11.8 Å². The van der Waals surface area contributed by atoms with E-state index in [2.05, 4.69) is 58.2 Å². The zero-order chi connectivity index (χ0) is 35.0. The number of ketones is 1. The van der Waals surface area contributed by atoms with E-state index in [0.29, 0.717) is 12.8 Å². The number of amides is 2. The van der Waals surface area contributed by atoms with Crippen molar-refractivity contribution >= 4 is 23.6 Å². The normalized spacial score (nSPS) is 42.0. The predicted octanol–water partition coefficient (Wildman–Crippen LogP) is 6.02. The molecule has 4 saturated carbocycles. The molecule has 0 bridgehead atoms. The fraction of sp³-hybridized carbons (Fsp3) is 0.795. The van der Waals surface area contributed by atoms with Crippen molar-refractivity contribution in [3.05, 3.63) is 23.8 Å². The summed E-state index contributed by atoms with van der Waals surface area (Å²) in [5.41, 5.74) is 0.509. The first-order valence-electron chi connectivity index (χ1n) is 17.9. The second-order valence-corrected chi connectivity index (χ2v) is 18.1. The van der Waals surface area contributed by atoms with Crippen molar-refractivity contribution in [2.24, 2.45) is 50.2 Å². The highest BCUT2D eigenvalue weighted by molar-refractivity contribution is 5.96. The highest BCUT2D eigenvalue weighted by Gasteiger charge is 2.70. The molecule has 262 valence electrons. The van der Waals surface area contributed by atoms with Crippen molar-refractivity contribution in [3.63, 3.8) is 0 Å². The molecule has 0 aromatic carbocycles. The van der Waals surface area contributed by atoms with E-state index in [-0.39, 0.29) is 82.3 Å². The lowest BCUT2D eigenvalue weighted by Gasteiger charge is -2.70. The number of fused-ring (bicyclic) bond motifs is 7. The van der Waals surface area contributed by atoms with Crippen molar-refractivity contribution in [1.29, 1.82) is 0 Å². The molecule has 0 aromatic rings. The van der Waals surface area contributed by atoms with Gasteiger partial charge in [-0.3, -0.25) is 19.2 Å². The summed E-state index contributed by atoms with van der Waals surface area (Å²) in [6, 6.07) is 0. The van der Waals surface area contributed by atoms with E-state index in [1.165, 1.54) is 12.7 Å². The summed E-state index contributed by atoms with van der Waals surface area (Å²) in [5, 5.41) is 13.6. The summed E-state index contributed by atoms with van der Waals surface area (Å²) in [6.45, 7) is 21.6. The number of nitrogens with one attached hydrogen (secondary N) is 1. The fourth-order valence-corrected chi connectivity index (χ4v) is 11.7. The van der Waals surface area contributed by atoms with E-state index in [9.17, 15) is 24.3 Å². The van der Waals surface area contributed by atoms with Crippen LogP contribution in [0.2, 0.25) is 0 Å². The lowest BCUT2D eigenvalue weighted by Crippen LogP contribution is -2.66. The minimum absolute atomic E-state index is 0.0102. The van der Waals surface area contributed by atoms with E-state index < -0.39 is 17.3 Å². The summed E-state index contributed by atoms with van der Waals surface area (Å²) >= 11 is 0. The number of allylic oxidation sites excluding steroid dienone is 2. The van der Waals surface area contributed by atoms with Crippen LogP contribution in [0, 0.1) is 50.2 Å². The molecule has 8 heteroatoms. The van der Waals surface area contributed by atoms with Gasteiger partial charge in [0.05, 0.1) is 19.8 Å². The third-order valence-corrected chi connectivity index (χ3v) is 14.8. The van der Waals surface area contributed by atoms with Crippen LogP contribution in [0.4, 0.5) is 0 Å². The zero-order valence-electron chi connectivity index (χ0n) is 30.5. The Labute approximate surface area is 282 Å². The Morgan fingerprint density at radius 1 is 0.979 bits per heavy atom. The molecule has 8 nitrogen and oxygen atoms in total. The molecule has 0 heterocycles. The molecule has 0 aliphatic heterocycles. The number of hydrogen-bond acceptors (Lipinski definition) is 6. The van der Waals surface area contributed by atoms with Crippen LogP contribution in [0.25, 0.3) is 0 Å². The molecule has 2 amide bonds. The molecule has 0 aromatic heterocycles. The van der Waals surface area contributed by atoms with Crippen LogP contribution < -0.4 is 5.32 Å². The van der Waals surface area contributed by atoms with Gasteiger partial charge < -0.3 is 20.1 Å². The number of aliphatic hydroxyl groups excluding tert-OH is 1. The second-order valence-electron chi connectivity index (χ2n) is 18.1. The number of esters is 1. The highest BCUT2D eigenvalue weighted by Crippen LogP contribution is 2.75. The molecule has 5 aliphatic rings. The minimum atomic E-state index is -0.713. The summed E-state index contributed by atoms with van der Waals surface area (Å²) in [7, 11) is 1.27. The first-order chi connectivity index (χ1) is 21.7. The number of hydrogen-bond donors (Lipinski definition) is 2. The zero-order valence-corrected chi connectivity index (χ0v) is 30.5. The van der Waals surface area contributed by atoms with E-state index in [1.54, 1.807) is 4.90 Å². The number of nitrogens with zero attached hydrogens (tertiary/aromatic N) is 1. The maximum absolute atomic E-state index is 14.6. The van der Waals surface area contributed by atoms with Gasteiger partial charge >= 0.3 is 5.97 Å². The van der Waals surface area contributed by atoms with E-state index in [4.69, 9.17) is 0 Å². The highest BCUT2D eigenvalue weighted by atomic mass is 16.5. The maximum Gasteiger partial charge on any atom is 0.325 e. The van der Waals surface area contributed by atoms with Gasteiger partial charge in [0.1, 0.15) is 6.54 Å². The van der Waals surface area contributed by atoms with Crippen molar-refractivity contribution in [2.45, 2.75) is 119 Å². The van der Waals surface area contributed by atoms with Crippen molar-refractivity contribution in [1.82, 2.24) is 10.2 Å². The third kappa shape index (κ3) is 5.53. The minimum Gasteiger partial charge on any atom is -0.468 e. The van der Waals surface area contributed by atoms with Gasteiger partial charge in [-0.15, -0.1) is 0 Å². The predicted molar refractivity (Wildman–Crippen MR) is 182 cm³/mol. The van der Waals surface area contributed by atoms with Gasteiger partial charge in [0.25, 0.3) is 0 Å². The standard InChI is InChI=1S/C39H60N2O6/c1-24(2)22-41(23-30(44)40-21-31(45)47-10)33(46)36(6)16-15-35(5)17-18-38(8)25(26(35)20-36)19-27(42)32-37(7)13-12-29(43)34(3,4)28(37)11-14-39(32,38)9/h19,26,28-29,32,43H,1,11-18,20-23H2,2-10H3,(H,40,44)/t26-,28-,29-,32+,35+,36-,37-,38+,39+/m0/s1. The number of ether oxygens (including phenoxy) is 1. The van der Waals surface area contributed by atoms with E-state index in [0.717, 1.165) is 50.5 Å². The maximum atomic E-state index is 14.6. The molecule has 5 rings (SSSR count). The van der Waals surface area contributed by atoms with Crippen molar-refractivity contribution in [3.8, 4) is 0 Å². The molecule has 0 saturated heterocycles. The molecule has 9 atom stereocenters. The first-order valence-corrected chi connectivity index (χ1v) is 17.9. The molecular formula is C39H60N2O6. The number of rotatable bonds is 7. The Morgan fingerprint density at radius 2 is 1.64 bits per heavy atom. The average molecular weight is 653 g/mol. The lowest BCUT2D eigenvalue weighted by molar-refractivity contribution is -0.202. The smallest absolute Gasteiger partial charge is 0.325 e. The fourth-order valence-electron chi connectivity index (χ4n) is 11.7. The van der Waals surface area contributed by atoms with Gasteiger partial charge in [0.15, 0.2) is 5.78 Å². The van der Waals surface area contributed by atoms with Crippen LogP contribution in [-0.4, -0.2) is 66.4 Å². The Hall–Kier alpha value is -2.48. The largest absolute Gasteiger partial charge is 0.468 e. The Balaban J connectivity index is 1.47. The molecule has 2 N–H and O–H groups in total. The Bertz CT molecular complexity index is 1380. The van der Waals surface area contributed by atoms with Gasteiger partial charge in [-0.05, 0) is 110 Å². The monoisotopic (exact) mass is 652 g/mol. The van der Waals surface area contributed by atoms with Crippen molar-refractivity contribution in [2.75, 3.05) is 26.7 Å². The van der Waals surface area contributed by atoms with Crippen LogP contribution in [0.1, 0.15) is 113 Å². The summed E-state index contributed by atoms with van der Waals surface area (Å²) in [6.07, 6.45) is 9.57. The molecule has 0 radical (unpaired) electrons. The quantitative estimate of drug-likeness (QED) is 0.257. The van der Waals surface area contributed by atoms with Crippen LogP contribution in [0.15, 0.2) is 23.8 Å². The number of carbonyl (C=O) groups excluding carboxylic acids is 4. The molecule has 5 aliphatic carbocycles. The number of aliphatic hydroxyl groups is 1. The first kappa shape index (κ1) is 35.8. The van der Waals surface area contributed by atoms with Gasteiger partial charge in [-0.1, -0.05) is 66.2 Å². The van der Waals surface area contributed by atoms with Crippen molar-refractivity contribution < 1.29 is 29.0 Å². The molecule has 4 fully saturated rings. The number of methoxy groups -OCH3 is 1. The lowest BCUT2D eigenvalue weighted by atomic mass is 9.33. The van der Waals surface area contributed by atoms with E-state index >= 15 is 0 Å². The van der Waals surface area contributed by atoms with Crippen LogP contribution in [-0.2, 0) is 23.9 Å². The summed E-state index contributed by atoms with van der Waals surface area (Å²) in [4.78, 5) is 55.1. The third-order valence-electron chi connectivity index (χ3n) is 14.8. The van der Waals surface area contributed by atoms with Gasteiger partial charge in [-0.25, -0.2) is 0 Å². The summed E-state index contributed by atoms with van der Waals surface area (Å²) in [5.74, 6) is -0.521. The topological polar surface area (TPSA) is 113 Å². The summed E-state index contributed by atoms with van der Waals surface area (Å²) < 4.78 is 4.64. The van der Waals surface area contributed by atoms with Gasteiger partial charge in [0, 0.05) is 17.9 Å². The SMILES string of the molecule is C=C(C)CN(CC(=O)NCC(=O)OC)C(=O)[C@@]1(C)CC[C@]2(C)CC[C@]3(C)C(=CC(=O)[C@@H]4[C@@]5(C)CC[C@H](O)C(C)(C)[C@@H]5CC[C@]43C)[C@@H]2C1. The molecule has 47 heavy (non-hydrogen) atoms. The average Bonchev–Trinajstić information content (AvgIpc) is 2.99. The van der Waals surface area contributed by atoms with E-state index in [1.807, 2.05) is 19.9 Å². The van der Waals surface area contributed by atoms with Crippen LogP contribution in [0.3, 0.4) is 0 Å².